The minimum Gasteiger partial charge on any atom is -0.493 e. The number of carbonyl (C=O) groups is 1. The first-order chi connectivity index (χ1) is 16.5. The number of urea groups is 1. The van der Waals surface area contributed by atoms with Gasteiger partial charge in [0.05, 0.1) is 33.5 Å². The molecule has 34 heavy (non-hydrogen) atoms. The summed E-state index contributed by atoms with van der Waals surface area (Å²) < 4.78 is 16.5. The maximum absolute atomic E-state index is 13.7. The minimum absolute atomic E-state index is 0.0860. The Kier molecular flexibility index (Phi) is 5.91. The zero-order chi connectivity index (χ0) is 23.8. The topological polar surface area (TPSA) is 84.1 Å². The van der Waals surface area contributed by atoms with E-state index in [2.05, 4.69) is 4.98 Å². The van der Waals surface area contributed by atoms with Gasteiger partial charge in [0.15, 0.2) is 11.5 Å². The average molecular weight is 464 g/mol. The van der Waals surface area contributed by atoms with E-state index in [4.69, 9.17) is 14.2 Å². The van der Waals surface area contributed by atoms with Crippen molar-refractivity contribution in [2.24, 2.45) is 0 Å². The smallest absolute Gasteiger partial charge is 0.320 e. The van der Waals surface area contributed by atoms with Crippen LogP contribution in [0.1, 0.15) is 28.3 Å². The molecule has 0 spiro atoms. The number of carbonyl (C=O) groups excluding carboxylic acids is 1. The summed E-state index contributed by atoms with van der Waals surface area (Å²) in [4.78, 5) is 33.7. The van der Waals surface area contributed by atoms with Crippen molar-refractivity contribution in [1.82, 2.24) is 14.8 Å². The lowest BCUT2D eigenvalue weighted by Gasteiger charge is -2.41. The molecule has 2 amide bonds. The molecule has 178 valence electrons. The molecule has 0 unspecified atom stereocenters. The van der Waals surface area contributed by atoms with E-state index in [1.54, 1.807) is 19.1 Å². The van der Waals surface area contributed by atoms with Gasteiger partial charge in [0.2, 0.25) is 0 Å². The Morgan fingerprint density at radius 3 is 2.47 bits per heavy atom. The Balaban J connectivity index is 1.68. The lowest BCUT2D eigenvalue weighted by molar-refractivity contribution is 0.0399. The normalized spacial score (nSPS) is 18.0. The number of aromatic nitrogens is 1. The van der Waals surface area contributed by atoms with Gasteiger partial charge < -0.3 is 29.0 Å². The Labute approximate surface area is 198 Å². The highest BCUT2D eigenvalue weighted by atomic mass is 16.5. The number of hydrogen-bond acceptors (Lipinski definition) is 5. The van der Waals surface area contributed by atoms with Gasteiger partial charge in [-0.25, -0.2) is 4.79 Å². The van der Waals surface area contributed by atoms with Crippen molar-refractivity contribution in [3.63, 3.8) is 0 Å². The van der Waals surface area contributed by atoms with Crippen LogP contribution in [0.4, 0.5) is 4.79 Å². The molecule has 1 atom stereocenters. The first kappa shape index (κ1) is 22.3. The van der Waals surface area contributed by atoms with Crippen LogP contribution >= 0.6 is 0 Å². The van der Waals surface area contributed by atoms with Gasteiger partial charge in [-0.15, -0.1) is 0 Å². The van der Waals surface area contributed by atoms with Crippen LogP contribution in [0.2, 0.25) is 0 Å². The van der Waals surface area contributed by atoms with Gasteiger partial charge >= 0.3 is 6.03 Å². The van der Waals surface area contributed by atoms with Gasteiger partial charge in [-0.2, -0.15) is 0 Å². The number of methoxy groups -OCH3 is 2. The van der Waals surface area contributed by atoms with Crippen LogP contribution in [-0.2, 0) is 11.2 Å². The molecule has 2 aliphatic heterocycles. The third-order valence-electron chi connectivity index (χ3n) is 6.73. The number of pyridine rings is 1. The molecular weight excluding hydrogens is 434 g/mol. The molecule has 3 heterocycles. The number of nitrogens with zero attached hydrogens (tertiary/aromatic N) is 2. The lowest BCUT2D eigenvalue weighted by atomic mass is 9.87. The molecule has 2 aliphatic rings. The van der Waals surface area contributed by atoms with Crippen LogP contribution in [0, 0.1) is 6.92 Å². The number of morpholine rings is 1. The highest BCUT2D eigenvalue weighted by molar-refractivity contribution is 5.81. The van der Waals surface area contributed by atoms with E-state index in [1.807, 2.05) is 48.2 Å². The fraction of sp³-hybridized carbons (Fsp3) is 0.385. The molecule has 8 nitrogen and oxygen atoms in total. The minimum atomic E-state index is -0.548. The molecule has 2 aromatic carbocycles. The fourth-order valence-electron chi connectivity index (χ4n) is 4.96. The Morgan fingerprint density at radius 1 is 1.00 bits per heavy atom. The van der Waals surface area contributed by atoms with Crippen molar-refractivity contribution in [2.45, 2.75) is 19.4 Å². The zero-order valence-corrected chi connectivity index (χ0v) is 19.7. The summed E-state index contributed by atoms with van der Waals surface area (Å²) in [7, 11) is 3.19. The van der Waals surface area contributed by atoms with E-state index in [9.17, 15) is 9.59 Å². The number of rotatable bonds is 3. The van der Waals surface area contributed by atoms with Crippen LogP contribution in [0.25, 0.3) is 10.9 Å². The molecule has 1 saturated heterocycles. The number of hydrogen-bond donors (Lipinski definition) is 1. The molecule has 1 N–H and O–H groups in total. The number of aromatic amines is 1. The number of nitrogens with one attached hydrogen (secondary N) is 1. The average Bonchev–Trinajstić information content (AvgIpc) is 2.87. The maximum atomic E-state index is 13.7. The zero-order valence-electron chi connectivity index (χ0n) is 19.7. The number of amides is 2. The predicted octanol–water partition coefficient (Wildman–Crippen LogP) is 3.25. The summed E-state index contributed by atoms with van der Waals surface area (Å²) in [6, 6.07) is 11.1. The number of fused-ring (bicyclic) bond motifs is 2. The molecule has 5 rings (SSSR count). The summed E-state index contributed by atoms with van der Waals surface area (Å²) >= 11 is 0. The van der Waals surface area contributed by atoms with Gasteiger partial charge in [0.25, 0.3) is 5.56 Å². The van der Waals surface area contributed by atoms with E-state index >= 15 is 0 Å². The van der Waals surface area contributed by atoms with Gasteiger partial charge in [0.1, 0.15) is 0 Å². The highest BCUT2D eigenvalue weighted by Crippen LogP contribution is 2.41. The molecule has 1 fully saturated rings. The van der Waals surface area contributed by atoms with E-state index in [0.717, 1.165) is 27.6 Å². The number of aryl methyl sites for hydroxylation is 1. The molecule has 0 bridgehead atoms. The monoisotopic (exact) mass is 463 g/mol. The van der Waals surface area contributed by atoms with E-state index < -0.39 is 6.04 Å². The summed E-state index contributed by atoms with van der Waals surface area (Å²) in [5, 5.41) is 0.923. The summed E-state index contributed by atoms with van der Waals surface area (Å²) in [5.41, 5.74) is 4.10. The molecule has 0 aliphatic carbocycles. The van der Waals surface area contributed by atoms with Crippen molar-refractivity contribution in [1.29, 1.82) is 0 Å². The number of benzene rings is 2. The quantitative estimate of drug-likeness (QED) is 0.645. The SMILES string of the molecule is COc1cc2c(cc1OC)[C@H](c1cc3ccc(C)cc3[nH]c1=O)N(C(=O)N1CCOCC1)CC2. The molecular formula is C26H29N3O5. The second-order valence-electron chi connectivity index (χ2n) is 8.78. The third-order valence-corrected chi connectivity index (χ3v) is 6.73. The number of H-pyrrole nitrogens is 1. The van der Waals surface area contributed by atoms with E-state index in [0.29, 0.717) is 56.3 Å². The van der Waals surface area contributed by atoms with Gasteiger partial charge in [0, 0.05) is 30.7 Å². The van der Waals surface area contributed by atoms with Crippen LogP contribution in [-0.4, -0.2) is 67.9 Å². The Bertz CT molecular complexity index is 1300. The molecule has 0 saturated carbocycles. The van der Waals surface area contributed by atoms with Crippen molar-refractivity contribution in [3.05, 3.63) is 69.0 Å². The van der Waals surface area contributed by atoms with Crippen LogP contribution in [0.3, 0.4) is 0 Å². The number of ether oxygens (including phenoxy) is 3. The second-order valence-corrected chi connectivity index (χ2v) is 8.78. The van der Waals surface area contributed by atoms with E-state index in [-0.39, 0.29) is 11.6 Å². The standard InChI is InChI=1S/C26H29N3O5/c1-16-4-5-18-13-20(25(30)27-21(18)12-16)24-19-15-23(33-3)22(32-2)14-17(19)6-7-29(24)26(31)28-8-10-34-11-9-28/h4-5,12-15,24H,6-11H2,1-3H3,(H,27,30)/t24-/m1/s1. The molecule has 0 radical (unpaired) electrons. The summed E-state index contributed by atoms with van der Waals surface area (Å²) in [6.45, 7) is 4.59. The Morgan fingerprint density at radius 2 is 1.74 bits per heavy atom. The van der Waals surface area contributed by atoms with Crippen molar-refractivity contribution in [3.8, 4) is 11.5 Å². The van der Waals surface area contributed by atoms with Crippen molar-refractivity contribution < 1.29 is 19.0 Å². The third kappa shape index (κ3) is 3.88. The molecule has 8 heteroatoms. The molecule has 3 aromatic rings. The maximum Gasteiger partial charge on any atom is 0.320 e. The summed E-state index contributed by atoms with van der Waals surface area (Å²) in [6.07, 6.45) is 0.660. The summed E-state index contributed by atoms with van der Waals surface area (Å²) in [5.74, 6) is 1.20. The lowest BCUT2D eigenvalue weighted by Crippen LogP contribution is -2.52. The van der Waals surface area contributed by atoms with Gasteiger partial charge in [-0.1, -0.05) is 12.1 Å². The molecule has 1 aromatic heterocycles. The van der Waals surface area contributed by atoms with Crippen LogP contribution < -0.4 is 15.0 Å². The largest absolute Gasteiger partial charge is 0.493 e. The van der Waals surface area contributed by atoms with Crippen molar-refractivity contribution >= 4 is 16.9 Å². The van der Waals surface area contributed by atoms with E-state index in [1.165, 1.54) is 0 Å². The van der Waals surface area contributed by atoms with Gasteiger partial charge in [-0.05, 0) is 59.7 Å². The fourth-order valence-corrected chi connectivity index (χ4v) is 4.96. The Hall–Kier alpha value is -3.52. The van der Waals surface area contributed by atoms with Gasteiger partial charge in [-0.3, -0.25) is 4.79 Å². The van der Waals surface area contributed by atoms with Crippen LogP contribution in [0.5, 0.6) is 11.5 Å². The highest BCUT2D eigenvalue weighted by Gasteiger charge is 2.37. The second kappa shape index (κ2) is 9.02. The van der Waals surface area contributed by atoms with Crippen molar-refractivity contribution in [2.75, 3.05) is 47.1 Å². The first-order valence-electron chi connectivity index (χ1n) is 11.5. The van der Waals surface area contributed by atoms with Crippen LogP contribution in [0.15, 0.2) is 41.2 Å². The first-order valence-corrected chi connectivity index (χ1v) is 11.5. The predicted molar refractivity (Wildman–Crippen MR) is 129 cm³/mol.